The Bertz CT molecular complexity index is 2290. The van der Waals surface area contributed by atoms with Gasteiger partial charge in [-0.15, -0.1) is 11.3 Å². The number of hydrogen-bond donors (Lipinski definition) is 5. The van der Waals surface area contributed by atoms with E-state index in [0.29, 0.717) is 28.2 Å². The molecule has 4 unspecified atom stereocenters. The first-order valence-electron chi connectivity index (χ1n) is 19.8. The van der Waals surface area contributed by atoms with Crippen molar-refractivity contribution in [3.05, 3.63) is 154 Å². The Hall–Kier alpha value is -6.53. The Labute approximate surface area is 354 Å². The summed E-state index contributed by atoms with van der Waals surface area (Å²) in [4.78, 5) is 69.5. The zero-order valence-corrected chi connectivity index (χ0v) is 34.7. The quantitative estimate of drug-likeness (QED) is 0.110. The summed E-state index contributed by atoms with van der Waals surface area (Å²) in [5, 5.41) is 23.1. The van der Waals surface area contributed by atoms with Crippen LogP contribution in [0.1, 0.15) is 54.3 Å². The number of carboxylic acid groups (broad SMARTS) is 1. The van der Waals surface area contributed by atoms with E-state index < -0.39 is 60.4 Å². The molecule has 0 saturated heterocycles. The number of benzene rings is 4. The zero-order chi connectivity index (χ0) is 42.8. The van der Waals surface area contributed by atoms with Crippen molar-refractivity contribution in [3.63, 3.8) is 0 Å². The molecular weight excluding hydrogens is 777 g/mol. The van der Waals surface area contributed by atoms with Gasteiger partial charge in [0.2, 0.25) is 17.7 Å². The SMILES string of the molecule is C=C(c1cccs1)C1NC(=O)COc2ccc(cc2)CC(C(=O)O)NC(=O)C(CCc2ccc(C(C)(C)C)cc2)NC(=O)C(Cc2ccc(-c3ccccc3)cc2)NC1=O. The van der Waals surface area contributed by atoms with Crippen molar-refractivity contribution in [2.75, 3.05) is 6.61 Å². The molecule has 5 N–H and O–H groups in total. The predicted octanol–water partition coefficient (Wildman–Crippen LogP) is 6.26. The number of thiophene rings is 1. The molecular formula is C48H50N4O7S. The van der Waals surface area contributed by atoms with Gasteiger partial charge in [-0.2, -0.15) is 0 Å². The van der Waals surface area contributed by atoms with Gasteiger partial charge in [0.1, 0.15) is 29.9 Å². The van der Waals surface area contributed by atoms with Gasteiger partial charge in [-0.25, -0.2) is 4.79 Å². The first-order valence-corrected chi connectivity index (χ1v) is 20.7. The van der Waals surface area contributed by atoms with Crippen LogP contribution in [-0.4, -0.2) is 65.5 Å². The molecule has 12 heteroatoms. The highest BCUT2D eigenvalue weighted by Gasteiger charge is 2.33. The van der Waals surface area contributed by atoms with Crippen LogP contribution in [0.3, 0.4) is 0 Å². The summed E-state index contributed by atoms with van der Waals surface area (Å²) in [6.07, 6.45) is 0.483. The third-order valence-corrected chi connectivity index (χ3v) is 11.4. The van der Waals surface area contributed by atoms with Crippen molar-refractivity contribution in [1.29, 1.82) is 0 Å². The lowest BCUT2D eigenvalue weighted by Gasteiger charge is -2.27. The molecule has 4 aromatic carbocycles. The van der Waals surface area contributed by atoms with Crippen LogP contribution < -0.4 is 26.0 Å². The van der Waals surface area contributed by atoms with Gasteiger partial charge in [-0.1, -0.05) is 124 Å². The third-order valence-electron chi connectivity index (χ3n) is 10.4. The van der Waals surface area contributed by atoms with E-state index >= 15 is 0 Å². The number of aryl methyl sites for hydroxylation is 1. The van der Waals surface area contributed by atoms with Gasteiger partial charge in [-0.3, -0.25) is 19.2 Å². The summed E-state index contributed by atoms with van der Waals surface area (Å²) in [5.74, 6) is -3.58. The molecule has 0 saturated carbocycles. The number of rotatable bonds is 9. The van der Waals surface area contributed by atoms with Crippen LogP contribution in [0.15, 0.2) is 127 Å². The minimum Gasteiger partial charge on any atom is -0.484 e. The predicted molar refractivity (Wildman–Crippen MR) is 233 cm³/mol. The van der Waals surface area contributed by atoms with E-state index in [4.69, 9.17) is 4.74 Å². The summed E-state index contributed by atoms with van der Waals surface area (Å²) in [6.45, 7) is 10.1. The maximum atomic E-state index is 14.5. The summed E-state index contributed by atoms with van der Waals surface area (Å²) >= 11 is 1.34. The van der Waals surface area contributed by atoms with Crippen molar-refractivity contribution in [2.24, 2.45) is 0 Å². The van der Waals surface area contributed by atoms with Crippen LogP contribution >= 0.6 is 11.3 Å². The molecule has 11 nitrogen and oxygen atoms in total. The van der Waals surface area contributed by atoms with E-state index in [-0.39, 0.29) is 24.7 Å². The second-order valence-corrected chi connectivity index (χ2v) is 16.9. The summed E-state index contributed by atoms with van der Waals surface area (Å²) in [5.41, 5.74) is 5.59. The van der Waals surface area contributed by atoms with Crippen LogP contribution in [0.4, 0.5) is 0 Å². The van der Waals surface area contributed by atoms with E-state index in [1.165, 1.54) is 11.3 Å². The summed E-state index contributed by atoms with van der Waals surface area (Å²) in [6, 6.07) is 30.5. The van der Waals surface area contributed by atoms with Crippen molar-refractivity contribution >= 4 is 46.5 Å². The van der Waals surface area contributed by atoms with Crippen molar-refractivity contribution in [2.45, 2.75) is 76.0 Å². The van der Waals surface area contributed by atoms with E-state index in [0.717, 1.165) is 27.8 Å². The standard InChI is InChI=1S/C48H50N4O7S/c1-30(41-11-8-26-60-41)43-46(56)50-39(27-32-12-19-35(20-13-32)34-9-6-5-7-10-34)45(55)49-38(25-18-31-14-21-36(22-15-31)48(2,3)4)44(54)51-40(47(57)58)28-33-16-23-37(24-17-33)59-29-42(53)52-43/h5-17,19-24,26,38-40,43H,1,18,25,27-29H2,2-4H3,(H,49,55)(H,50,56)(H,51,54)(H,52,53)(H,57,58). The average Bonchev–Trinajstić information content (AvgIpc) is 3.79. The number of fused-ring (bicyclic) bond motifs is 16. The lowest BCUT2D eigenvalue weighted by molar-refractivity contribution is -0.142. The van der Waals surface area contributed by atoms with Crippen molar-refractivity contribution in [1.82, 2.24) is 21.3 Å². The minimum atomic E-state index is -1.33. The molecule has 7 rings (SSSR count). The monoisotopic (exact) mass is 826 g/mol. The normalized spacial score (nSPS) is 19.3. The van der Waals surface area contributed by atoms with Crippen molar-refractivity contribution < 1.29 is 33.8 Å². The molecule has 2 aliphatic heterocycles. The van der Waals surface area contributed by atoms with Crippen LogP contribution in [-0.2, 0) is 48.7 Å². The number of nitrogens with one attached hydrogen (secondary N) is 4. The fourth-order valence-corrected chi connectivity index (χ4v) is 7.61. The molecule has 0 fully saturated rings. The topological polar surface area (TPSA) is 163 Å². The molecule has 310 valence electrons. The Morgan fingerprint density at radius 3 is 2.00 bits per heavy atom. The van der Waals surface area contributed by atoms with Gasteiger partial charge in [0.05, 0.1) is 0 Å². The maximum absolute atomic E-state index is 14.5. The summed E-state index contributed by atoms with van der Waals surface area (Å²) in [7, 11) is 0. The lowest BCUT2D eigenvalue weighted by Crippen LogP contribution is -2.58. The van der Waals surface area contributed by atoms with Gasteiger partial charge in [0, 0.05) is 17.7 Å². The first kappa shape index (κ1) is 43.1. The van der Waals surface area contributed by atoms with Gasteiger partial charge in [0.15, 0.2) is 6.61 Å². The highest BCUT2D eigenvalue weighted by molar-refractivity contribution is 7.11. The van der Waals surface area contributed by atoms with Gasteiger partial charge >= 0.3 is 5.97 Å². The van der Waals surface area contributed by atoms with Gasteiger partial charge < -0.3 is 31.1 Å². The first-order chi connectivity index (χ1) is 28.7. The fraction of sp³-hybridized carbons (Fsp3) is 0.271. The highest BCUT2D eigenvalue weighted by atomic mass is 32.1. The third kappa shape index (κ3) is 11.6. The van der Waals surface area contributed by atoms with Crippen LogP contribution in [0.5, 0.6) is 5.75 Å². The van der Waals surface area contributed by atoms with E-state index in [1.54, 1.807) is 36.4 Å². The molecule has 0 aliphatic carbocycles. The largest absolute Gasteiger partial charge is 0.484 e. The van der Waals surface area contributed by atoms with Crippen LogP contribution in [0.2, 0.25) is 0 Å². The Kier molecular flexibility index (Phi) is 14.0. The number of carbonyl (C=O) groups is 5. The molecule has 0 spiro atoms. The van der Waals surface area contributed by atoms with Gasteiger partial charge in [0.25, 0.3) is 5.91 Å². The average molecular weight is 827 g/mol. The molecule has 4 amide bonds. The van der Waals surface area contributed by atoms with E-state index in [1.807, 2.05) is 84.2 Å². The molecule has 3 heterocycles. The molecule has 2 aliphatic rings. The Balaban J connectivity index is 1.35. The highest BCUT2D eigenvalue weighted by Crippen LogP contribution is 2.25. The molecule has 60 heavy (non-hydrogen) atoms. The molecule has 4 atom stereocenters. The minimum absolute atomic E-state index is 0.0240. The number of amides is 4. The Morgan fingerprint density at radius 2 is 1.37 bits per heavy atom. The number of ether oxygens (including phenoxy) is 1. The molecule has 2 bridgehead atoms. The molecule has 5 aromatic rings. The number of carbonyl (C=O) groups excluding carboxylic acids is 4. The molecule has 0 radical (unpaired) electrons. The fourth-order valence-electron chi connectivity index (χ4n) is 6.88. The number of carboxylic acids is 1. The number of hydrogen-bond acceptors (Lipinski definition) is 7. The smallest absolute Gasteiger partial charge is 0.326 e. The van der Waals surface area contributed by atoms with Crippen LogP contribution in [0.25, 0.3) is 16.7 Å². The van der Waals surface area contributed by atoms with E-state index in [2.05, 4.69) is 48.6 Å². The summed E-state index contributed by atoms with van der Waals surface area (Å²) < 4.78 is 5.72. The zero-order valence-electron chi connectivity index (χ0n) is 33.9. The Morgan fingerprint density at radius 1 is 0.733 bits per heavy atom. The van der Waals surface area contributed by atoms with Crippen molar-refractivity contribution in [3.8, 4) is 16.9 Å². The second kappa shape index (κ2) is 19.5. The second-order valence-electron chi connectivity index (χ2n) is 15.9. The molecule has 1 aromatic heterocycles. The number of aliphatic carboxylic acids is 1. The van der Waals surface area contributed by atoms with Gasteiger partial charge in [-0.05, 0) is 80.8 Å². The van der Waals surface area contributed by atoms with Crippen LogP contribution in [0, 0.1) is 0 Å². The maximum Gasteiger partial charge on any atom is 0.326 e. The lowest BCUT2D eigenvalue weighted by atomic mass is 9.86. The van der Waals surface area contributed by atoms with E-state index in [9.17, 15) is 29.1 Å².